The van der Waals surface area contributed by atoms with E-state index in [0.717, 1.165) is 4.57 Å². The largest absolute Gasteiger partial charge is 0.387 e. The average Bonchev–Trinajstić information content (AvgIpc) is 2.79. The molecule has 3 N–H and O–H groups in total. The second-order valence-electron chi connectivity index (χ2n) is 4.66. The summed E-state index contributed by atoms with van der Waals surface area (Å²) in [5.41, 5.74) is -1.08. The number of aromatic nitrogens is 2. The summed E-state index contributed by atoms with van der Waals surface area (Å²) in [5.74, 6) is 0. The molecule has 1 fully saturated rings. The minimum atomic E-state index is -1.35. The molecule has 1 aromatic rings. The summed E-state index contributed by atoms with van der Waals surface area (Å²) in [5, 5.41) is 20.1. The second kappa shape index (κ2) is 7.51. The standard InChI is InChI=1S/C13H17IN2O6/c1-2-21-6-8-9(17)10(18)12(22-8)16-5-7(3-4-14)11(19)15-13(16)20/h3-5,8-10,12,17-18H,2,6H2,1H3,(H,15,19,20)/b4-3+/t8-,9-,10+,12?/m1/s1/i1D. The summed E-state index contributed by atoms with van der Waals surface area (Å²) in [7, 11) is 0. The normalized spacial score (nSPS) is 29.1. The Morgan fingerprint density at radius 1 is 1.55 bits per heavy atom. The maximum absolute atomic E-state index is 12.0. The van der Waals surface area contributed by atoms with E-state index in [1.807, 2.05) is 22.6 Å². The Kier molecular flexibility index (Phi) is 5.41. The fourth-order valence-corrected chi connectivity index (χ4v) is 2.56. The number of aliphatic hydroxyl groups excluding tert-OH is 2. The lowest BCUT2D eigenvalue weighted by atomic mass is 10.1. The molecule has 1 unspecified atom stereocenters. The van der Waals surface area contributed by atoms with Gasteiger partial charge >= 0.3 is 5.69 Å². The van der Waals surface area contributed by atoms with Crippen LogP contribution in [0.15, 0.2) is 19.9 Å². The Balaban J connectivity index is 2.26. The third-order valence-corrected chi connectivity index (χ3v) is 3.64. The van der Waals surface area contributed by atoms with Gasteiger partial charge in [0.25, 0.3) is 5.56 Å². The first-order valence-electron chi connectivity index (χ1n) is 7.21. The van der Waals surface area contributed by atoms with Gasteiger partial charge in [-0.25, -0.2) is 4.79 Å². The van der Waals surface area contributed by atoms with Gasteiger partial charge in [0.1, 0.15) is 18.3 Å². The molecule has 0 aromatic carbocycles. The first-order valence-corrected chi connectivity index (χ1v) is 7.75. The number of rotatable bonds is 5. The Morgan fingerprint density at radius 3 is 3.00 bits per heavy atom. The molecule has 1 aromatic heterocycles. The molecule has 8 nitrogen and oxygen atoms in total. The summed E-state index contributed by atoms with van der Waals surface area (Å²) < 4.78 is 20.3. The minimum absolute atomic E-state index is 0.00772. The van der Waals surface area contributed by atoms with Crippen molar-refractivity contribution in [3.63, 3.8) is 0 Å². The van der Waals surface area contributed by atoms with E-state index in [9.17, 15) is 19.8 Å². The van der Waals surface area contributed by atoms with Gasteiger partial charge in [-0.1, -0.05) is 22.6 Å². The molecule has 0 bridgehead atoms. The maximum atomic E-state index is 12.0. The fourth-order valence-electron chi connectivity index (χ4n) is 2.17. The number of nitrogens with one attached hydrogen (secondary N) is 1. The van der Waals surface area contributed by atoms with Gasteiger partial charge < -0.3 is 19.7 Å². The van der Waals surface area contributed by atoms with Crippen molar-refractivity contribution in [3.8, 4) is 0 Å². The highest BCUT2D eigenvalue weighted by atomic mass is 127. The van der Waals surface area contributed by atoms with Crippen molar-refractivity contribution in [2.45, 2.75) is 31.4 Å². The van der Waals surface area contributed by atoms with Gasteiger partial charge in [-0.3, -0.25) is 14.3 Å². The van der Waals surface area contributed by atoms with Gasteiger partial charge in [0, 0.05) is 14.2 Å². The number of nitrogens with zero attached hydrogens (tertiary/aromatic N) is 1. The van der Waals surface area contributed by atoms with Gasteiger partial charge in [-0.15, -0.1) is 0 Å². The van der Waals surface area contributed by atoms with Crippen LogP contribution >= 0.6 is 22.6 Å². The molecule has 2 heterocycles. The van der Waals surface area contributed by atoms with Crippen molar-refractivity contribution in [3.05, 3.63) is 36.7 Å². The van der Waals surface area contributed by atoms with Crippen molar-refractivity contribution in [1.82, 2.24) is 9.55 Å². The zero-order chi connectivity index (χ0) is 17.0. The Hall–Kier alpha value is -1.01. The number of ether oxygens (including phenoxy) is 2. The topological polar surface area (TPSA) is 114 Å². The van der Waals surface area contributed by atoms with E-state index in [0.29, 0.717) is 0 Å². The molecule has 1 aliphatic heterocycles. The van der Waals surface area contributed by atoms with E-state index in [1.165, 1.54) is 12.3 Å². The first-order chi connectivity index (χ1) is 11.0. The smallest absolute Gasteiger partial charge is 0.330 e. The summed E-state index contributed by atoms with van der Waals surface area (Å²) in [6.07, 6.45) is -1.79. The SMILES string of the molecule is [2H]CCOC[C@H]1OC(n2cc(/C=C/I)c(=O)[nH]c2=O)[C@@H](O)[C@@H]1O. The molecule has 0 amide bonds. The predicted octanol–water partition coefficient (Wildman–Crippen LogP) is -0.402. The van der Waals surface area contributed by atoms with E-state index >= 15 is 0 Å². The van der Waals surface area contributed by atoms with E-state index in [2.05, 4.69) is 4.98 Å². The minimum Gasteiger partial charge on any atom is -0.387 e. The van der Waals surface area contributed by atoms with Crippen LogP contribution in [-0.4, -0.2) is 51.3 Å². The molecule has 0 aliphatic carbocycles. The van der Waals surface area contributed by atoms with Crippen LogP contribution in [0.1, 0.15) is 20.1 Å². The van der Waals surface area contributed by atoms with E-state index in [4.69, 9.17) is 10.8 Å². The lowest BCUT2D eigenvalue weighted by molar-refractivity contribution is -0.0669. The summed E-state index contributed by atoms with van der Waals surface area (Å²) in [6, 6.07) is 0. The third kappa shape index (κ3) is 3.49. The summed E-state index contributed by atoms with van der Waals surface area (Å²) in [6.45, 7) is 0.239. The molecule has 0 spiro atoms. The Morgan fingerprint density at radius 2 is 2.32 bits per heavy atom. The van der Waals surface area contributed by atoms with Crippen LogP contribution in [0.5, 0.6) is 0 Å². The van der Waals surface area contributed by atoms with Crippen LogP contribution in [0, 0.1) is 0 Å². The molecule has 1 saturated heterocycles. The van der Waals surface area contributed by atoms with Crippen LogP contribution in [0.3, 0.4) is 0 Å². The predicted molar refractivity (Wildman–Crippen MR) is 86.8 cm³/mol. The van der Waals surface area contributed by atoms with Crippen molar-refractivity contribution < 1.29 is 21.1 Å². The number of H-pyrrole nitrogens is 1. The highest BCUT2D eigenvalue weighted by Gasteiger charge is 2.44. The molecule has 1 aliphatic rings. The van der Waals surface area contributed by atoms with Crippen LogP contribution < -0.4 is 11.2 Å². The monoisotopic (exact) mass is 425 g/mol. The zero-order valence-corrected chi connectivity index (χ0v) is 13.7. The maximum Gasteiger partial charge on any atom is 0.330 e. The van der Waals surface area contributed by atoms with E-state index in [-0.39, 0.29) is 25.7 Å². The fraction of sp³-hybridized carbons (Fsp3) is 0.538. The van der Waals surface area contributed by atoms with Crippen molar-refractivity contribution in [2.75, 3.05) is 13.2 Å². The second-order valence-corrected chi connectivity index (χ2v) is 5.38. The van der Waals surface area contributed by atoms with E-state index < -0.39 is 35.8 Å². The van der Waals surface area contributed by atoms with Gasteiger partial charge in [0.05, 0.1) is 12.2 Å². The van der Waals surface area contributed by atoms with Gasteiger partial charge in [-0.2, -0.15) is 0 Å². The highest BCUT2D eigenvalue weighted by molar-refractivity contribution is 14.1. The summed E-state index contributed by atoms with van der Waals surface area (Å²) >= 11 is 1.93. The van der Waals surface area contributed by atoms with Crippen LogP contribution in [0.4, 0.5) is 0 Å². The molecular formula is C13H17IN2O6. The first kappa shape index (κ1) is 15.9. The zero-order valence-electron chi connectivity index (χ0n) is 12.5. The van der Waals surface area contributed by atoms with Crippen molar-refractivity contribution >= 4 is 28.7 Å². The van der Waals surface area contributed by atoms with E-state index in [1.54, 1.807) is 4.08 Å². The lowest BCUT2D eigenvalue weighted by Crippen LogP contribution is -2.38. The molecule has 4 atom stereocenters. The Labute approximate surface area is 140 Å². The average molecular weight is 425 g/mol. The van der Waals surface area contributed by atoms with Crippen LogP contribution in [0.2, 0.25) is 0 Å². The molecule has 9 heteroatoms. The number of halogens is 1. The van der Waals surface area contributed by atoms with Gasteiger partial charge in [0.2, 0.25) is 0 Å². The van der Waals surface area contributed by atoms with Gasteiger partial charge in [-0.05, 0) is 17.1 Å². The number of aromatic amines is 1. The third-order valence-electron chi connectivity index (χ3n) is 3.28. The molecule has 22 heavy (non-hydrogen) atoms. The summed E-state index contributed by atoms with van der Waals surface area (Å²) in [4.78, 5) is 25.8. The van der Waals surface area contributed by atoms with Gasteiger partial charge in [0.15, 0.2) is 6.23 Å². The van der Waals surface area contributed by atoms with Crippen LogP contribution in [0.25, 0.3) is 6.08 Å². The Bertz CT molecular complexity index is 675. The molecule has 2 rings (SSSR count). The quantitative estimate of drug-likeness (QED) is 0.437. The van der Waals surface area contributed by atoms with Crippen molar-refractivity contribution in [1.29, 1.82) is 0 Å². The number of hydrogen-bond acceptors (Lipinski definition) is 6. The molecular weight excluding hydrogens is 407 g/mol. The molecule has 122 valence electrons. The van der Waals surface area contributed by atoms with Crippen molar-refractivity contribution in [2.24, 2.45) is 0 Å². The highest BCUT2D eigenvalue weighted by Crippen LogP contribution is 2.28. The number of hydrogen-bond donors (Lipinski definition) is 3. The van der Waals surface area contributed by atoms with Crippen LogP contribution in [-0.2, 0) is 9.47 Å². The molecule has 0 radical (unpaired) electrons. The lowest BCUT2D eigenvalue weighted by Gasteiger charge is -2.17. The molecule has 0 saturated carbocycles. The number of aliphatic hydroxyl groups is 2.